The fraction of sp³-hybridized carbons (Fsp3) is 0.667. The molecule has 0 saturated carbocycles. The number of likely N-dealkylation sites (tertiary alicyclic amines) is 1. The van der Waals surface area contributed by atoms with Crippen molar-refractivity contribution in [2.75, 3.05) is 19.6 Å². The second-order valence-electron chi connectivity index (χ2n) is 5.22. The Morgan fingerprint density at radius 3 is 2.84 bits per heavy atom. The second-order valence-corrected chi connectivity index (χ2v) is 6.00. The highest BCUT2D eigenvalue weighted by Gasteiger charge is 2.22. The first-order valence-electron chi connectivity index (χ1n) is 7.34. The molecule has 1 saturated heterocycles. The Morgan fingerprint density at radius 2 is 2.21 bits per heavy atom. The number of carbonyl (C=O) groups excluding carboxylic acids is 1. The molecular weight excluding hydrogens is 256 g/mol. The van der Waals surface area contributed by atoms with Crippen LogP contribution in [0.1, 0.15) is 50.6 Å². The highest BCUT2D eigenvalue weighted by atomic mass is 32.1. The Morgan fingerprint density at radius 1 is 1.42 bits per heavy atom. The zero-order valence-corrected chi connectivity index (χ0v) is 12.5. The van der Waals surface area contributed by atoms with Gasteiger partial charge in [0.25, 0.3) is 0 Å². The summed E-state index contributed by atoms with van der Waals surface area (Å²) >= 11 is 1.74. The van der Waals surface area contributed by atoms with Crippen LogP contribution in [-0.2, 0) is 4.79 Å². The molecule has 4 heteroatoms. The Balaban J connectivity index is 1.96. The Bertz CT molecular complexity index is 372. The molecule has 1 aliphatic rings. The van der Waals surface area contributed by atoms with E-state index in [1.807, 2.05) is 6.92 Å². The third kappa shape index (κ3) is 4.32. The quantitative estimate of drug-likeness (QED) is 0.868. The summed E-state index contributed by atoms with van der Waals surface area (Å²) in [6.45, 7) is 5.10. The predicted octanol–water partition coefficient (Wildman–Crippen LogP) is 3.19. The molecule has 1 aromatic rings. The summed E-state index contributed by atoms with van der Waals surface area (Å²) in [4.78, 5) is 14.2. The third-order valence-electron chi connectivity index (χ3n) is 3.73. The van der Waals surface area contributed by atoms with Gasteiger partial charge in [-0.25, -0.2) is 0 Å². The highest BCUT2D eigenvalue weighted by molar-refractivity contribution is 7.07. The van der Waals surface area contributed by atoms with Gasteiger partial charge in [-0.2, -0.15) is 11.3 Å². The van der Waals surface area contributed by atoms with Gasteiger partial charge in [0.15, 0.2) is 0 Å². The average Bonchev–Trinajstić information content (AvgIpc) is 2.94. The summed E-state index contributed by atoms with van der Waals surface area (Å²) in [7, 11) is 0. The number of rotatable bonds is 6. The number of thiophene rings is 1. The van der Waals surface area contributed by atoms with Gasteiger partial charge in [-0.15, -0.1) is 0 Å². The van der Waals surface area contributed by atoms with Crippen LogP contribution in [0.4, 0.5) is 0 Å². The van der Waals surface area contributed by atoms with Crippen molar-refractivity contribution < 1.29 is 4.79 Å². The fourth-order valence-corrected chi connectivity index (χ4v) is 3.39. The monoisotopic (exact) mass is 280 g/mol. The van der Waals surface area contributed by atoms with E-state index >= 15 is 0 Å². The van der Waals surface area contributed by atoms with Crippen molar-refractivity contribution in [3.8, 4) is 0 Å². The molecule has 1 aliphatic heterocycles. The molecule has 2 heterocycles. The number of nitrogens with zero attached hydrogens (tertiary/aromatic N) is 1. The van der Waals surface area contributed by atoms with E-state index in [9.17, 15) is 4.79 Å². The smallest absolute Gasteiger partial charge is 0.220 e. The fourth-order valence-electron chi connectivity index (χ4n) is 2.68. The van der Waals surface area contributed by atoms with Crippen LogP contribution in [0, 0.1) is 0 Å². The van der Waals surface area contributed by atoms with Crippen LogP contribution in [0.3, 0.4) is 0 Å². The second kappa shape index (κ2) is 7.65. The SMILES string of the molecule is CCCC(=O)NCC(c1ccsc1)N1CCCCC1. The van der Waals surface area contributed by atoms with Crippen molar-refractivity contribution >= 4 is 17.2 Å². The average molecular weight is 280 g/mol. The van der Waals surface area contributed by atoms with E-state index in [0.29, 0.717) is 12.5 Å². The molecule has 0 spiro atoms. The molecule has 106 valence electrons. The zero-order chi connectivity index (χ0) is 13.5. The lowest BCUT2D eigenvalue weighted by Crippen LogP contribution is -2.40. The molecule has 0 bridgehead atoms. The van der Waals surface area contributed by atoms with Crippen molar-refractivity contribution in [1.82, 2.24) is 10.2 Å². The lowest BCUT2D eigenvalue weighted by atomic mass is 10.0. The maximum atomic E-state index is 11.7. The maximum Gasteiger partial charge on any atom is 0.220 e. The molecule has 0 aromatic carbocycles. The topological polar surface area (TPSA) is 32.3 Å². The first kappa shape index (κ1) is 14.5. The van der Waals surface area contributed by atoms with E-state index in [1.165, 1.54) is 24.8 Å². The van der Waals surface area contributed by atoms with Crippen LogP contribution in [0.2, 0.25) is 0 Å². The summed E-state index contributed by atoms with van der Waals surface area (Å²) < 4.78 is 0. The van der Waals surface area contributed by atoms with Crippen molar-refractivity contribution in [3.63, 3.8) is 0 Å². The van der Waals surface area contributed by atoms with Crippen LogP contribution < -0.4 is 5.32 Å². The number of nitrogens with one attached hydrogen (secondary N) is 1. The summed E-state index contributed by atoms with van der Waals surface area (Å²) in [6, 6.07) is 2.54. The van der Waals surface area contributed by atoms with E-state index in [1.54, 1.807) is 11.3 Å². The van der Waals surface area contributed by atoms with Crippen molar-refractivity contribution in [2.24, 2.45) is 0 Å². The largest absolute Gasteiger partial charge is 0.354 e. The van der Waals surface area contributed by atoms with E-state index in [-0.39, 0.29) is 5.91 Å². The molecular formula is C15H24N2OS. The Kier molecular flexibility index (Phi) is 5.86. The molecule has 1 atom stereocenters. The van der Waals surface area contributed by atoms with Gasteiger partial charge in [0.05, 0.1) is 6.04 Å². The molecule has 0 aliphatic carbocycles. The Hall–Kier alpha value is -0.870. The van der Waals surface area contributed by atoms with Gasteiger partial charge in [-0.3, -0.25) is 9.69 Å². The van der Waals surface area contributed by atoms with Crippen molar-refractivity contribution in [1.29, 1.82) is 0 Å². The van der Waals surface area contributed by atoms with Crippen LogP contribution >= 0.6 is 11.3 Å². The molecule has 0 radical (unpaired) electrons. The summed E-state index contributed by atoms with van der Waals surface area (Å²) in [6.07, 6.45) is 5.46. The molecule has 1 fully saturated rings. The van der Waals surface area contributed by atoms with Gasteiger partial charge in [-0.05, 0) is 54.7 Å². The zero-order valence-electron chi connectivity index (χ0n) is 11.7. The van der Waals surface area contributed by atoms with Crippen LogP contribution in [-0.4, -0.2) is 30.4 Å². The van der Waals surface area contributed by atoms with Crippen molar-refractivity contribution in [2.45, 2.75) is 45.1 Å². The molecule has 2 rings (SSSR count). The number of carbonyl (C=O) groups is 1. The summed E-state index contributed by atoms with van der Waals surface area (Å²) in [5.74, 6) is 0.180. The van der Waals surface area contributed by atoms with Gasteiger partial charge in [0.2, 0.25) is 5.91 Å². The van der Waals surface area contributed by atoms with E-state index < -0.39 is 0 Å². The minimum absolute atomic E-state index is 0.180. The van der Waals surface area contributed by atoms with E-state index in [0.717, 1.165) is 26.1 Å². The normalized spacial score (nSPS) is 18.2. The Labute approximate surface area is 120 Å². The first-order chi connectivity index (χ1) is 9.31. The summed E-state index contributed by atoms with van der Waals surface area (Å²) in [5, 5.41) is 7.43. The van der Waals surface area contributed by atoms with Gasteiger partial charge in [0, 0.05) is 13.0 Å². The van der Waals surface area contributed by atoms with Gasteiger partial charge in [-0.1, -0.05) is 13.3 Å². The molecule has 1 N–H and O–H groups in total. The number of hydrogen-bond donors (Lipinski definition) is 1. The van der Waals surface area contributed by atoms with Gasteiger partial charge < -0.3 is 5.32 Å². The molecule has 3 nitrogen and oxygen atoms in total. The van der Waals surface area contributed by atoms with Gasteiger partial charge >= 0.3 is 0 Å². The van der Waals surface area contributed by atoms with Crippen molar-refractivity contribution in [3.05, 3.63) is 22.4 Å². The number of amides is 1. The number of hydrogen-bond acceptors (Lipinski definition) is 3. The van der Waals surface area contributed by atoms with Crippen LogP contribution in [0.15, 0.2) is 16.8 Å². The molecule has 19 heavy (non-hydrogen) atoms. The lowest BCUT2D eigenvalue weighted by Gasteiger charge is -2.34. The molecule has 1 aromatic heterocycles. The minimum atomic E-state index is 0.180. The minimum Gasteiger partial charge on any atom is -0.354 e. The first-order valence-corrected chi connectivity index (χ1v) is 8.28. The number of piperidine rings is 1. The highest BCUT2D eigenvalue weighted by Crippen LogP contribution is 2.25. The molecule has 1 amide bonds. The molecule has 1 unspecified atom stereocenters. The van der Waals surface area contributed by atoms with Crippen LogP contribution in [0.25, 0.3) is 0 Å². The van der Waals surface area contributed by atoms with E-state index in [2.05, 4.69) is 27.0 Å². The van der Waals surface area contributed by atoms with Crippen LogP contribution in [0.5, 0.6) is 0 Å². The predicted molar refractivity (Wildman–Crippen MR) is 80.4 cm³/mol. The van der Waals surface area contributed by atoms with Gasteiger partial charge in [0.1, 0.15) is 0 Å². The standard InChI is InChI=1S/C15H24N2OS/c1-2-6-15(18)16-11-14(13-7-10-19-12-13)17-8-4-3-5-9-17/h7,10,12,14H,2-6,8-9,11H2,1H3,(H,16,18). The summed E-state index contributed by atoms with van der Waals surface area (Å²) in [5.41, 5.74) is 1.35. The maximum absolute atomic E-state index is 11.7. The third-order valence-corrected chi connectivity index (χ3v) is 4.43. The lowest BCUT2D eigenvalue weighted by molar-refractivity contribution is -0.121. The van der Waals surface area contributed by atoms with E-state index in [4.69, 9.17) is 0 Å².